The van der Waals surface area contributed by atoms with E-state index in [9.17, 15) is 4.79 Å². The van der Waals surface area contributed by atoms with Gasteiger partial charge in [-0.05, 0) is 45.2 Å². The molecule has 3 atom stereocenters. The number of hydrogen-bond donors (Lipinski definition) is 1. The minimum absolute atomic E-state index is 0.0201. The Bertz CT molecular complexity index is 554. The van der Waals surface area contributed by atoms with E-state index in [0.717, 1.165) is 36.6 Å². The second-order valence-corrected chi connectivity index (χ2v) is 7.90. The van der Waals surface area contributed by atoms with Gasteiger partial charge in [0.2, 0.25) is 5.91 Å². The molecule has 5 nitrogen and oxygen atoms in total. The van der Waals surface area contributed by atoms with Crippen molar-refractivity contribution in [3.8, 4) is 0 Å². The van der Waals surface area contributed by atoms with Crippen LogP contribution in [0.5, 0.6) is 0 Å². The summed E-state index contributed by atoms with van der Waals surface area (Å²) in [5.74, 6) is 0.111. The largest absolute Gasteiger partial charge is 0.374 e. The Hall–Kier alpha value is -0.980. The molecule has 3 aliphatic heterocycles. The lowest BCUT2D eigenvalue weighted by Crippen LogP contribution is -2.30. The second-order valence-electron chi connectivity index (χ2n) is 7.04. The molecule has 3 saturated heterocycles. The Kier molecular flexibility index (Phi) is 4.64. The molecule has 23 heavy (non-hydrogen) atoms. The van der Waals surface area contributed by atoms with Crippen molar-refractivity contribution in [2.45, 2.75) is 63.7 Å². The van der Waals surface area contributed by atoms with E-state index >= 15 is 0 Å². The highest BCUT2D eigenvalue weighted by molar-refractivity contribution is 7.13. The third-order valence-electron chi connectivity index (χ3n) is 5.31. The summed E-state index contributed by atoms with van der Waals surface area (Å²) in [6.45, 7) is 3.24. The Morgan fingerprint density at radius 1 is 1.30 bits per heavy atom. The van der Waals surface area contributed by atoms with Crippen LogP contribution in [-0.4, -0.2) is 41.1 Å². The molecule has 1 aromatic rings. The number of amides is 1. The van der Waals surface area contributed by atoms with Gasteiger partial charge in [-0.15, -0.1) is 11.3 Å². The van der Waals surface area contributed by atoms with E-state index in [4.69, 9.17) is 4.74 Å². The van der Waals surface area contributed by atoms with Crippen LogP contribution < -0.4 is 5.32 Å². The van der Waals surface area contributed by atoms with Crippen molar-refractivity contribution in [2.24, 2.45) is 5.92 Å². The van der Waals surface area contributed by atoms with Gasteiger partial charge < -0.3 is 10.1 Å². The number of nitrogens with one attached hydrogen (secondary N) is 1. The molecule has 4 rings (SSSR count). The maximum absolute atomic E-state index is 12.4. The molecule has 2 bridgehead atoms. The van der Waals surface area contributed by atoms with Gasteiger partial charge in [0, 0.05) is 11.9 Å². The Morgan fingerprint density at radius 2 is 2.13 bits per heavy atom. The number of aromatic nitrogens is 1. The molecule has 3 aliphatic rings. The van der Waals surface area contributed by atoms with E-state index < -0.39 is 0 Å². The van der Waals surface area contributed by atoms with Gasteiger partial charge in [0.25, 0.3) is 0 Å². The van der Waals surface area contributed by atoms with Crippen LogP contribution in [0.15, 0.2) is 5.38 Å². The second kappa shape index (κ2) is 6.87. The van der Waals surface area contributed by atoms with E-state index in [1.165, 1.54) is 50.1 Å². The van der Waals surface area contributed by atoms with Crippen LogP contribution >= 0.6 is 11.3 Å². The predicted molar refractivity (Wildman–Crippen MR) is 90.5 cm³/mol. The fraction of sp³-hybridized carbons (Fsp3) is 0.765. The number of rotatable bonds is 4. The molecule has 0 aromatic carbocycles. The monoisotopic (exact) mass is 335 g/mol. The normalized spacial score (nSPS) is 31.2. The van der Waals surface area contributed by atoms with Gasteiger partial charge in [-0.2, -0.15) is 0 Å². The predicted octanol–water partition coefficient (Wildman–Crippen LogP) is 3.03. The molecule has 0 spiro atoms. The highest BCUT2D eigenvalue weighted by Crippen LogP contribution is 2.39. The van der Waals surface area contributed by atoms with Gasteiger partial charge in [-0.3, -0.25) is 9.69 Å². The maximum Gasteiger partial charge on any atom is 0.231 e. The van der Waals surface area contributed by atoms with Crippen LogP contribution in [0.2, 0.25) is 0 Å². The third kappa shape index (κ3) is 3.59. The first-order valence-electron chi connectivity index (χ1n) is 8.91. The lowest BCUT2D eigenvalue weighted by Gasteiger charge is -2.18. The number of anilines is 1. The summed E-state index contributed by atoms with van der Waals surface area (Å²) < 4.78 is 5.78. The maximum atomic E-state index is 12.4. The van der Waals surface area contributed by atoms with Crippen LogP contribution in [0, 0.1) is 5.92 Å². The van der Waals surface area contributed by atoms with Crippen LogP contribution in [0.25, 0.3) is 0 Å². The summed E-state index contributed by atoms with van der Waals surface area (Å²) in [7, 11) is 0. The number of carbonyl (C=O) groups is 1. The van der Waals surface area contributed by atoms with E-state index in [1.54, 1.807) is 0 Å². The summed E-state index contributed by atoms with van der Waals surface area (Å²) in [4.78, 5) is 19.5. The minimum atomic E-state index is 0.0201. The Morgan fingerprint density at radius 3 is 2.83 bits per heavy atom. The molecule has 1 N–H and O–H groups in total. The third-order valence-corrected chi connectivity index (χ3v) is 6.12. The lowest BCUT2D eigenvalue weighted by molar-refractivity contribution is -0.121. The molecule has 126 valence electrons. The van der Waals surface area contributed by atoms with Gasteiger partial charge >= 0.3 is 0 Å². The molecular weight excluding hydrogens is 310 g/mol. The van der Waals surface area contributed by atoms with E-state index in [-0.39, 0.29) is 17.9 Å². The fourth-order valence-electron chi connectivity index (χ4n) is 4.07. The summed E-state index contributed by atoms with van der Waals surface area (Å²) >= 11 is 1.54. The van der Waals surface area contributed by atoms with Crippen molar-refractivity contribution >= 4 is 22.4 Å². The molecular formula is C17H25N3O2S. The minimum Gasteiger partial charge on any atom is -0.374 e. The molecule has 0 unspecified atom stereocenters. The summed E-state index contributed by atoms with van der Waals surface area (Å²) in [6, 6.07) is 0. The molecule has 0 radical (unpaired) electrons. The molecule has 0 saturated carbocycles. The fourth-order valence-corrected chi connectivity index (χ4v) is 4.78. The van der Waals surface area contributed by atoms with Gasteiger partial charge in [0.05, 0.1) is 23.8 Å². The van der Waals surface area contributed by atoms with Gasteiger partial charge in [-0.25, -0.2) is 4.98 Å². The number of thiazole rings is 1. The number of nitrogens with zero attached hydrogens (tertiary/aromatic N) is 2. The first-order chi connectivity index (χ1) is 11.3. The van der Waals surface area contributed by atoms with Crippen LogP contribution in [-0.2, 0) is 16.1 Å². The van der Waals surface area contributed by atoms with Crippen molar-refractivity contribution in [1.29, 1.82) is 0 Å². The van der Waals surface area contributed by atoms with Crippen LogP contribution in [0.3, 0.4) is 0 Å². The number of likely N-dealkylation sites (tertiary alicyclic amines) is 1. The highest BCUT2D eigenvalue weighted by atomic mass is 32.1. The lowest BCUT2D eigenvalue weighted by atomic mass is 9.89. The van der Waals surface area contributed by atoms with E-state index in [2.05, 4.69) is 20.6 Å². The van der Waals surface area contributed by atoms with E-state index in [0.29, 0.717) is 6.10 Å². The summed E-state index contributed by atoms with van der Waals surface area (Å²) in [5, 5.41) is 5.83. The first kappa shape index (κ1) is 15.5. The zero-order valence-electron chi connectivity index (χ0n) is 13.5. The summed E-state index contributed by atoms with van der Waals surface area (Å²) in [6.07, 6.45) is 8.74. The molecule has 4 heterocycles. The van der Waals surface area contributed by atoms with Crippen molar-refractivity contribution in [1.82, 2.24) is 9.88 Å². The quantitative estimate of drug-likeness (QED) is 0.919. The molecule has 1 aromatic heterocycles. The van der Waals surface area contributed by atoms with Crippen molar-refractivity contribution in [3.05, 3.63) is 11.1 Å². The number of carbonyl (C=O) groups excluding carboxylic acids is 1. The van der Waals surface area contributed by atoms with E-state index in [1.807, 2.05) is 0 Å². The zero-order valence-corrected chi connectivity index (χ0v) is 14.3. The first-order valence-corrected chi connectivity index (χ1v) is 9.79. The number of ether oxygens (including phenoxy) is 1. The van der Waals surface area contributed by atoms with Gasteiger partial charge in [-0.1, -0.05) is 12.8 Å². The van der Waals surface area contributed by atoms with Crippen molar-refractivity contribution < 1.29 is 9.53 Å². The van der Waals surface area contributed by atoms with Gasteiger partial charge in [0.1, 0.15) is 0 Å². The average molecular weight is 335 g/mol. The SMILES string of the molecule is O=C(Nc1nc(CN2CCCCCC2)cs1)[C@H]1C[C@@H]2CC[C@@H]1O2. The molecule has 0 aliphatic carbocycles. The molecule has 6 heteroatoms. The zero-order chi connectivity index (χ0) is 15.6. The molecule has 1 amide bonds. The Balaban J connectivity index is 1.32. The number of hydrogen-bond acceptors (Lipinski definition) is 5. The number of fused-ring (bicyclic) bond motifs is 2. The van der Waals surface area contributed by atoms with Crippen LogP contribution in [0.4, 0.5) is 5.13 Å². The standard InChI is InChI=1S/C17H25N3O2S/c21-16(14-9-13-5-6-15(14)22-13)19-17-18-12(11-23-17)10-20-7-3-1-2-4-8-20/h11,13-15H,1-10H2,(H,18,19,21)/t13-,14-,15-/m0/s1. The molecule has 3 fully saturated rings. The van der Waals surface area contributed by atoms with Crippen molar-refractivity contribution in [3.63, 3.8) is 0 Å². The van der Waals surface area contributed by atoms with Crippen LogP contribution in [0.1, 0.15) is 50.6 Å². The average Bonchev–Trinajstić information content (AvgIpc) is 3.23. The highest BCUT2D eigenvalue weighted by Gasteiger charge is 2.44. The topological polar surface area (TPSA) is 54.5 Å². The van der Waals surface area contributed by atoms with Crippen molar-refractivity contribution in [2.75, 3.05) is 18.4 Å². The summed E-state index contributed by atoms with van der Waals surface area (Å²) in [5.41, 5.74) is 1.08. The van der Waals surface area contributed by atoms with Gasteiger partial charge in [0.15, 0.2) is 5.13 Å². The smallest absolute Gasteiger partial charge is 0.231 e. The Labute approximate surface area is 141 Å².